The van der Waals surface area contributed by atoms with Gasteiger partial charge in [-0.1, -0.05) is 6.92 Å². The Hall–Kier alpha value is -2.17. The lowest BCUT2D eigenvalue weighted by Gasteiger charge is -2.30. The van der Waals surface area contributed by atoms with Crippen LogP contribution in [0.4, 0.5) is 4.39 Å². The summed E-state index contributed by atoms with van der Waals surface area (Å²) in [6.07, 6.45) is 3.52. The molecule has 5 heteroatoms. The van der Waals surface area contributed by atoms with Crippen LogP contribution in [0.3, 0.4) is 0 Å². The lowest BCUT2D eigenvalue weighted by atomic mass is 9.98. The van der Waals surface area contributed by atoms with Gasteiger partial charge < -0.3 is 4.90 Å². The fourth-order valence-corrected chi connectivity index (χ4v) is 3.01. The molecule has 3 rings (SSSR count). The number of halogens is 1. The average Bonchev–Trinajstić information content (AvgIpc) is 2.86. The first-order chi connectivity index (χ1) is 10.5. The highest BCUT2D eigenvalue weighted by Gasteiger charge is 2.25. The Morgan fingerprint density at radius 3 is 2.55 bits per heavy atom. The number of carbonyl (C=O) groups excluding carboxylic acids is 2. The van der Waals surface area contributed by atoms with Gasteiger partial charge in [0.1, 0.15) is 5.82 Å². The van der Waals surface area contributed by atoms with Crippen molar-refractivity contribution in [2.24, 2.45) is 5.92 Å². The highest BCUT2D eigenvalue weighted by atomic mass is 19.1. The van der Waals surface area contributed by atoms with Gasteiger partial charge in [-0.3, -0.25) is 14.2 Å². The summed E-state index contributed by atoms with van der Waals surface area (Å²) in [5.41, 5.74) is 0.918. The van der Waals surface area contributed by atoms with Crippen molar-refractivity contribution in [3.05, 3.63) is 35.8 Å². The van der Waals surface area contributed by atoms with E-state index in [9.17, 15) is 14.0 Å². The van der Waals surface area contributed by atoms with Crippen molar-refractivity contribution >= 4 is 22.7 Å². The molecule has 0 spiro atoms. The zero-order valence-corrected chi connectivity index (χ0v) is 12.8. The van der Waals surface area contributed by atoms with Crippen LogP contribution in [0, 0.1) is 11.7 Å². The molecule has 0 bridgehead atoms. The molecule has 0 N–H and O–H groups in total. The van der Waals surface area contributed by atoms with Crippen LogP contribution in [0.15, 0.2) is 24.4 Å². The van der Waals surface area contributed by atoms with Crippen LogP contribution in [-0.4, -0.2) is 34.4 Å². The molecular weight excluding hydrogens is 283 g/mol. The number of rotatable bonds is 1. The Kier molecular flexibility index (Phi) is 3.72. The van der Waals surface area contributed by atoms with Gasteiger partial charge in [-0.25, -0.2) is 4.39 Å². The SMILES string of the molecule is CC(=O)n1cc(C(=O)N2CCC(C)CC2)c2ccc(F)cc21. The number of aromatic nitrogens is 1. The van der Waals surface area contributed by atoms with E-state index in [1.807, 2.05) is 4.90 Å². The third kappa shape index (κ3) is 2.51. The summed E-state index contributed by atoms with van der Waals surface area (Å²) < 4.78 is 14.8. The maximum Gasteiger partial charge on any atom is 0.256 e. The molecule has 0 radical (unpaired) electrons. The Morgan fingerprint density at radius 2 is 1.91 bits per heavy atom. The van der Waals surface area contributed by atoms with Crippen LogP contribution >= 0.6 is 0 Å². The largest absolute Gasteiger partial charge is 0.339 e. The predicted molar refractivity (Wildman–Crippen MR) is 82.5 cm³/mol. The van der Waals surface area contributed by atoms with Gasteiger partial charge in [0.15, 0.2) is 0 Å². The second kappa shape index (κ2) is 5.55. The highest BCUT2D eigenvalue weighted by molar-refractivity contribution is 6.09. The molecule has 2 heterocycles. The van der Waals surface area contributed by atoms with Crippen LogP contribution < -0.4 is 0 Å². The average molecular weight is 302 g/mol. The van der Waals surface area contributed by atoms with Crippen molar-refractivity contribution in [1.82, 2.24) is 9.47 Å². The van der Waals surface area contributed by atoms with Crippen molar-refractivity contribution < 1.29 is 14.0 Å². The van der Waals surface area contributed by atoms with E-state index in [-0.39, 0.29) is 11.8 Å². The van der Waals surface area contributed by atoms with E-state index in [1.165, 1.54) is 29.8 Å². The lowest BCUT2D eigenvalue weighted by Crippen LogP contribution is -2.37. The summed E-state index contributed by atoms with van der Waals surface area (Å²) in [6, 6.07) is 4.19. The Bertz CT molecular complexity index is 742. The monoisotopic (exact) mass is 302 g/mol. The zero-order chi connectivity index (χ0) is 15.9. The molecule has 1 aliphatic heterocycles. The Balaban J connectivity index is 2.03. The van der Waals surface area contributed by atoms with Crippen molar-refractivity contribution in [1.29, 1.82) is 0 Å². The number of amides is 1. The van der Waals surface area contributed by atoms with Gasteiger partial charge in [-0.15, -0.1) is 0 Å². The first-order valence-corrected chi connectivity index (χ1v) is 7.58. The summed E-state index contributed by atoms with van der Waals surface area (Å²) in [4.78, 5) is 26.3. The van der Waals surface area contributed by atoms with Gasteiger partial charge in [-0.2, -0.15) is 0 Å². The normalized spacial score (nSPS) is 16.2. The van der Waals surface area contributed by atoms with Crippen LogP contribution in [0.2, 0.25) is 0 Å². The number of nitrogens with zero attached hydrogens (tertiary/aromatic N) is 2. The standard InChI is InChI=1S/C17H19FN2O2/c1-11-5-7-19(8-6-11)17(22)15-10-20(12(2)21)16-9-13(18)3-4-14(15)16/h3-4,9-11H,5-8H2,1-2H3. The number of fused-ring (bicyclic) bond motifs is 1. The van der Waals surface area contributed by atoms with Gasteiger partial charge in [0, 0.05) is 31.6 Å². The Morgan fingerprint density at radius 1 is 1.23 bits per heavy atom. The molecule has 0 atom stereocenters. The molecule has 2 aromatic rings. The number of benzene rings is 1. The van der Waals surface area contributed by atoms with E-state index >= 15 is 0 Å². The van der Waals surface area contributed by atoms with Gasteiger partial charge in [0.2, 0.25) is 5.91 Å². The molecule has 1 aromatic carbocycles. The molecule has 1 saturated heterocycles. The maximum atomic E-state index is 13.5. The summed E-state index contributed by atoms with van der Waals surface area (Å²) in [5, 5.41) is 0.625. The summed E-state index contributed by atoms with van der Waals surface area (Å²) in [7, 11) is 0. The molecule has 1 aromatic heterocycles. The quantitative estimate of drug-likeness (QED) is 0.811. The molecule has 4 nitrogen and oxygen atoms in total. The highest BCUT2D eigenvalue weighted by Crippen LogP contribution is 2.26. The molecule has 1 aliphatic rings. The van der Waals surface area contributed by atoms with Gasteiger partial charge in [-0.05, 0) is 37.0 Å². The van der Waals surface area contributed by atoms with E-state index < -0.39 is 5.82 Å². The van der Waals surface area contributed by atoms with E-state index in [1.54, 1.807) is 6.07 Å². The second-order valence-electron chi connectivity index (χ2n) is 6.07. The van der Waals surface area contributed by atoms with Gasteiger partial charge >= 0.3 is 0 Å². The number of piperidine rings is 1. The van der Waals surface area contributed by atoms with E-state index in [0.717, 1.165) is 25.9 Å². The number of likely N-dealkylation sites (tertiary alicyclic amines) is 1. The van der Waals surface area contributed by atoms with Crippen molar-refractivity contribution in [3.63, 3.8) is 0 Å². The van der Waals surface area contributed by atoms with Crippen LogP contribution in [0.25, 0.3) is 10.9 Å². The molecule has 22 heavy (non-hydrogen) atoms. The fraction of sp³-hybridized carbons (Fsp3) is 0.412. The number of carbonyl (C=O) groups is 2. The summed E-state index contributed by atoms with van der Waals surface area (Å²) in [6.45, 7) is 5.05. The van der Waals surface area contributed by atoms with Crippen molar-refractivity contribution in [2.75, 3.05) is 13.1 Å². The van der Waals surface area contributed by atoms with Gasteiger partial charge in [0.05, 0.1) is 11.1 Å². The van der Waals surface area contributed by atoms with Crippen molar-refractivity contribution in [3.8, 4) is 0 Å². The molecule has 0 aliphatic carbocycles. The van der Waals surface area contributed by atoms with E-state index in [4.69, 9.17) is 0 Å². The third-order valence-corrected chi connectivity index (χ3v) is 4.41. The minimum atomic E-state index is -0.418. The number of hydrogen-bond acceptors (Lipinski definition) is 2. The summed E-state index contributed by atoms with van der Waals surface area (Å²) >= 11 is 0. The minimum absolute atomic E-state index is 0.0801. The first-order valence-electron chi connectivity index (χ1n) is 7.58. The first kappa shape index (κ1) is 14.8. The summed E-state index contributed by atoms with van der Waals surface area (Å²) in [5.74, 6) is -0.0963. The number of hydrogen-bond donors (Lipinski definition) is 0. The minimum Gasteiger partial charge on any atom is -0.339 e. The molecule has 116 valence electrons. The van der Waals surface area contributed by atoms with Crippen LogP contribution in [-0.2, 0) is 0 Å². The van der Waals surface area contributed by atoms with E-state index in [2.05, 4.69) is 6.92 Å². The molecule has 0 unspecified atom stereocenters. The second-order valence-corrected chi connectivity index (χ2v) is 6.07. The molecule has 1 amide bonds. The topological polar surface area (TPSA) is 42.3 Å². The van der Waals surface area contributed by atoms with Crippen LogP contribution in [0.1, 0.15) is 41.8 Å². The maximum absolute atomic E-state index is 13.5. The van der Waals surface area contributed by atoms with E-state index in [0.29, 0.717) is 22.4 Å². The third-order valence-electron chi connectivity index (χ3n) is 4.41. The smallest absolute Gasteiger partial charge is 0.256 e. The Labute approximate surface area is 128 Å². The lowest BCUT2D eigenvalue weighted by molar-refractivity contribution is 0.0699. The molecule has 1 fully saturated rings. The zero-order valence-electron chi connectivity index (χ0n) is 12.8. The fourth-order valence-electron chi connectivity index (χ4n) is 3.01. The molecular formula is C17H19FN2O2. The predicted octanol–water partition coefficient (Wildman–Crippen LogP) is 3.31. The van der Waals surface area contributed by atoms with Crippen molar-refractivity contribution in [2.45, 2.75) is 26.7 Å². The van der Waals surface area contributed by atoms with Gasteiger partial charge in [0.25, 0.3) is 5.91 Å². The van der Waals surface area contributed by atoms with Crippen LogP contribution in [0.5, 0.6) is 0 Å². The molecule has 0 saturated carbocycles.